The Balaban J connectivity index is 1.60. The van der Waals surface area contributed by atoms with Crippen LogP contribution in [0.25, 0.3) is 15.4 Å². The van der Waals surface area contributed by atoms with Crippen LogP contribution < -0.4 is 5.32 Å². The van der Waals surface area contributed by atoms with Crippen LogP contribution in [0, 0.1) is 12.5 Å². The number of nitrogens with one attached hydrogen (secondary N) is 1. The van der Waals surface area contributed by atoms with Gasteiger partial charge in [-0.05, 0) is 32.3 Å². The summed E-state index contributed by atoms with van der Waals surface area (Å²) in [5, 5.41) is 13.4. The predicted octanol–water partition coefficient (Wildman–Crippen LogP) is 4.25. The van der Waals surface area contributed by atoms with Crippen molar-refractivity contribution in [3.05, 3.63) is 46.6 Å². The van der Waals surface area contributed by atoms with Crippen LogP contribution in [0.3, 0.4) is 0 Å². The van der Waals surface area contributed by atoms with E-state index in [1.54, 1.807) is 11.6 Å². The maximum absolute atomic E-state index is 13.8. The molecule has 1 aliphatic rings. The molecular formula is C23H26F3N7O3S2. The van der Waals surface area contributed by atoms with Crippen molar-refractivity contribution in [3.8, 4) is 10.6 Å². The van der Waals surface area contributed by atoms with Gasteiger partial charge in [-0.15, -0.1) is 11.3 Å². The van der Waals surface area contributed by atoms with Crippen molar-refractivity contribution in [1.29, 1.82) is 0 Å². The van der Waals surface area contributed by atoms with Crippen molar-refractivity contribution in [1.82, 2.24) is 23.8 Å². The van der Waals surface area contributed by atoms with E-state index in [1.807, 2.05) is 6.92 Å². The number of halogens is 3. The van der Waals surface area contributed by atoms with Crippen LogP contribution in [0.5, 0.6) is 0 Å². The Kier molecular flexibility index (Phi) is 7.30. The highest BCUT2D eigenvalue weighted by Gasteiger charge is 2.38. The van der Waals surface area contributed by atoms with Crippen LogP contribution in [0.15, 0.2) is 29.8 Å². The van der Waals surface area contributed by atoms with Gasteiger partial charge in [0.2, 0.25) is 11.6 Å². The topological polar surface area (TPSA) is 118 Å². The number of hydrogen-bond donors (Lipinski definition) is 2. The van der Waals surface area contributed by atoms with Gasteiger partial charge in [0.25, 0.3) is 10.0 Å². The Bertz CT molecular complexity index is 1490. The molecule has 0 aromatic carbocycles. The zero-order valence-corrected chi connectivity index (χ0v) is 22.6. The number of sulfonamides is 1. The molecule has 0 bridgehead atoms. The fourth-order valence-corrected chi connectivity index (χ4v) is 6.85. The highest BCUT2D eigenvalue weighted by molar-refractivity contribution is 7.89. The molecule has 0 unspecified atom stereocenters. The first-order valence-corrected chi connectivity index (χ1v) is 13.8. The molecule has 1 fully saturated rings. The van der Waals surface area contributed by atoms with Crippen LogP contribution in [-0.4, -0.2) is 56.5 Å². The fraction of sp³-hybridized carbons (Fsp3) is 0.478. The lowest BCUT2D eigenvalue weighted by Gasteiger charge is -2.36. The summed E-state index contributed by atoms with van der Waals surface area (Å²) in [6, 6.07) is 0.986. The lowest BCUT2D eigenvalue weighted by atomic mass is 9.95. The molecule has 0 amide bonds. The molecule has 4 heterocycles. The second kappa shape index (κ2) is 9.92. The lowest BCUT2D eigenvalue weighted by molar-refractivity contribution is -0.137. The molecule has 10 nitrogen and oxygen atoms in total. The zero-order chi connectivity index (χ0) is 28.0. The van der Waals surface area contributed by atoms with Crippen molar-refractivity contribution >= 4 is 33.0 Å². The third-order valence-corrected chi connectivity index (χ3v) is 9.38. The maximum Gasteiger partial charge on any atom is 0.420 e. The number of thiophene rings is 1. The van der Waals surface area contributed by atoms with Crippen LogP contribution in [0.4, 0.5) is 24.8 Å². The summed E-state index contributed by atoms with van der Waals surface area (Å²) < 4.78 is 70.2. The van der Waals surface area contributed by atoms with Crippen LogP contribution in [0.2, 0.25) is 0 Å². The second-order valence-corrected chi connectivity index (χ2v) is 12.6. The number of aromatic nitrogens is 4. The quantitative estimate of drug-likeness (QED) is 0.426. The van der Waals surface area contributed by atoms with Gasteiger partial charge in [-0.2, -0.15) is 17.5 Å². The molecule has 3 aromatic rings. The first-order valence-electron chi connectivity index (χ1n) is 11.5. The summed E-state index contributed by atoms with van der Waals surface area (Å²) in [4.78, 5) is 15.7. The van der Waals surface area contributed by atoms with Gasteiger partial charge in [-0.1, -0.05) is 6.92 Å². The summed E-state index contributed by atoms with van der Waals surface area (Å²) in [5.74, 6) is -0.262. The Hall–Kier alpha value is -3.06. The van der Waals surface area contributed by atoms with Gasteiger partial charge in [0.1, 0.15) is 5.56 Å². The summed E-state index contributed by atoms with van der Waals surface area (Å²) in [6.45, 7) is 12.5. The third kappa shape index (κ3) is 5.53. The lowest BCUT2D eigenvalue weighted by Crippen LogP contribution is -2.47. The van der Waals surface area contributed by atoms with E-state index in [0.717, 1.165) is 11.3 Å². The van der Waals surface area contributed by atoms with Crippen molar-refractivity contribution in [2.45, 2.75) is 50.0 Å². The Labute approximate surface area is 222 Å². The molecule has 15 heteroatoms. The molecule has 1 aliphatic heterocycles. The average Bonchev–Trinajstić information content (AvgIpc) is 3.46. The largest absolute Gasteiger partial charge is 0.420 e. The number of hydrogen-bond acceptors (Lipinski definition) is 8. The van der Waals surface area contributed by atoms with Gasteiger partial charge in [0, 0.05) is 48.3 Å². The van der Waals surface area contributed by atoms with Crippen molar-refractivity contribution in [2.75, 3.05) is 18.4 Å². The van der Waals surface area contributed by atoms with E-state index < -0.39 is 33.1 Å². The minimum atomic E-state index is -4.75. The van der Waals surface area contributed by atoms with E-state index in [-0.39, 0.29) is 51.5 Å². The minimum absolute atomic E-state index is 0.0468. The smallest absolute Gasteiger partial charge is 0.386 e. The Morgan fingerprint density at radius 2 is 2.00 bits per heavy atom. The SMILES string of the molecule is [C-]#[N+]c1cc(-c2nc(N[C@H]3CCN(S(=O)(=O)c4cn(C)cn4)C[C@H]3C)ncc2C(F)(F)F)sc1C(C)(C)O. The molecule has 1 saturated heterocycles. The van der Waals surface area contributed by atoms with E-state index in [1.165, 1.54) is 36.7 Å². The molecule has 3 aromatic heterocycles. The Morgan fingerprint density at radius 1 is 1.29 bits per heavy atom. The minimum Gasteiger partial charge on any atom is -0.386 e. The molecule has 4 rings (SSSR count). The number of anilines is 1. The first kappa shape index (κ1) is 28.0. The highest BCUT2D eigenvalue weighted by atomic mass is 32.2. The van der Waals surface area contributed by atoms with Gasteiger partial charge in [-0.25, -0.2) is 28.2 Å². The van der Waals surface area contributed by atoms with Crippen LogP contribution in [0.1, 0.15) is 37.6 Å². The van der Waals surface area contributed by atoms with Gasteiger partial charge >= 0.3 is 6.18 Å². The fourth-order valence-electron chi connectivity index (χ4n) is 4.23. The maximum atomic E-state index is 13.8. The van der Waals surface area contributed by atoms with Crippen molar-refractivity contribution in [2.24, 2.45) is 13.0 Å². The predicted molar refractivity (Wildman–Crippen MR) is 135 cm³/mol. The van der Waals surface area contributed by atoms with Crippen molar-refractivity contribution in [3.63, 3.8) is 0 Å². The van der Waals surface area contributed by atoms with Crippen molar-refractivity contribution < 1.29 is 26.7 Å². The summed E-state index contributed by atoms with van der Waals surface area (Å²) >= 11 is 0.870. The molecule has 0 saturated carbocycles. The number of piperidine rings is 1. The molecule has 0 aliphatic carbocycles. The number of nitrogens with zero attached hydrogens (tertiary/aromatic N) is 6. The number of rotatable bonds is 6. The number of aliphatic hydroxyl groups is 1. The monoisotopic (exact) mass is 569 g/mol. The van der Waals surface area contributed by atoms with Crippen LogP contribution >= 0.6 is 11.3 Å². The molecule has 204 valence electrons. The third-order valence-electron chi connectivity index (χ3n) is 6.18. The van der Waals surface area contributed by atoms with Gasteiger partial charge in [0.15, 0.2) is 5.03 Å². The van der Waals surface area contributed by atoms with Gasteiger partial charge < -0.3 is 15.0 Å². The summed E-state index contributed by atoms with van der Waals surface area (Å²) in [7, 11) is -2.10. The molecule has 0 radical (unpaired) electrons. The standard InChI is InChI=1S/C23H26F3N7O3S2/c1-13-10-33(38(35,36)18-11-32(5)12-29-18)7-6-15(13)30-21-28-9-14(23(24,25)26)19(31-21)17-8-16(27-4)20(37-17)22(2,3)34/h8-9,11-13,15,34H,6-7,10H2,1-3,5H3,(H,28,30,31)/t13-,15+/m1/s1. The van der Waals surface area contributed by atoms with E-state index in [2.05, 4.69) is 25.1 Å². The van der Waals surface area contributed by atoms with Crippen LogP contribution in [-0.2, 0) is 28.8 Å². The van der Waals surface area contributed by atoms with E-state index in [4.69, 9.17) is 6.57 Å². The molecule has 2 N–H and O–H groups in total. The summed E-state index contributed by atoms with van der Waals surface area (Å²) in [5.41, 5.74) is -2.83. The number of imidazole rings is 1. The van der Waals surface area contributed by atoms with E-state index in [0.29, 0.717) is 12.6 Å². The van der Waals surface area contributed by atoms with Gasteiger partial charge in [0.05, 0.1) is 24.2 Å². The highest BCUT2D eigenvalue weighted by Crippen LogP contribution is 2.45. The molecule has 38 heavy (non-hydrogen) atoms. The first-order chi connectivity index (χ1) is 17.6. The molecule has 2 atom stereocenters. The number of aryl methyl sites for hydroxylation is 1. The van der Waals surface area contributed by atoms with E-state index >= 15 is 0 Å². The van der Waals surface area contributed by atoms with E-state index in [9.17, 15) is 26.7 Å². The Morgan fingerprint density at radius 3 is 2.53 bits per heavy atom. The summed E-state index contributed by atoms with van der Waals surface area (Å²) in [6.07, 6.45) is -0.851. The number of alkyl halides is 3. The second-order valence-electron chi connectivity index (χ2n) is 9.71. The average molecular weight is 570 g/mol. The van der Waals surface area contributed by atoms with Gasteiger partial charge in [-0.3, -0.25) is 0 Å². The molecule has 0 spiro atoms. The normalized spacial score (nSPS) is 19.3. The molecular weight excluding hydrogens is 543 g/mol. The zero-order valence-electron chi connectivity index (χ0n) is 21.0.